The quantitative estimate of drug-likeness (QED) is 0.884. The van der Waals surface area contributed by atoms with Crippen LogP contribution in [0.5, 0.6) is 5.75 Å². The zero-order valence-corrected chi connectivity index (χ0v) is 11.3. The highest BCUT2D eigenvalue weighted by molar-refractivity contribution is 5.31. The van der Waals surface area contributed by atoms with E-state index in [1.807, 2.05) is 36.2 Å². The van der Waals surface area contributed by atoms with Gasteiger partial charge in [0.05, 0.1) is 13.2 Å². The van der Waals surface area contributed by atoms with Crippen molar-refractivity contribution in [2.24, 2.45) is 5.73 Å². The molecule has 1 aromatic heterocycles. The highest BCUT2D eigenvalue weighted by Gasteiger charge is 2.13. The van der Waals surface area contributed by atoms with Crippen molar-refractivity contribution in [1.82, 2.24) is 10.2 Å². The summed E-state index contributed by atoms with van der Waals surface area (Å²) in [6.07, 6.45) is 0. The number of anilines is 1. The molecule has 0 bridgehead atoms. The zero-order valence-electron chi connectivity index (χ0n) is 11.3. The molecule has 0 saturated heterocycles. The number of aromatic nitrogens is 2. The Labute approximate surface area is 112 Å². The van der Waals surface area contributed by atoms with Crippen molar-refractivity contribution in [2.75, 3.05) is 19.1 Å². The maximum absolute atomic E-state index is 5.68. The molecule has 1 unspecified atom stereocenters. The van der Waals surface area contributed by atoms with E-state index in [0.29, 0.717) is 18.5 Å². The molecule has 19 heavy (non-hydrogen) atoms. The second-order valence-corrected chi connectivity index (χ2v) is 4.42. The predicted molar refractivity (Wildman–Crippen MR) is 72.0 cm³/mol. The summed E-state index contributed by atoms with van der Waals surface area (Å²) in [4.78, 5) is 1.88. The lowest BCUT2D eigenvalue weighted by atomic mass is 10.2. The van der Waals surface area contributed by atoms with Gasteiger partial charge in [-0.05, 0) is 24.6 Å². The molecule has 0 fully saturated rings. The lowest BCUT2D eigenvalue weighted by Gasteiger charge is -2.14. The molecular formula is C13H18N4O2. The van der Waals surface area contributed by atoms with Crippen LogP contribution < -0.4 is 15.4 Å². The van der Waals surface area contributed by atoms with Crippen molar-refractivity contribution >= 4 is 6.01 Å². The van der Waals surface area contributed by atoms with Gasteiger partial charge in [0.1, 0.15) is 5.75 Å². The van der Waals surface area contributed by atoms with Gasteiger partial charge in [0, 0.05) is 13.6 Å². The van der Waals surface area contributed by atoms with Crippen LogP contribution in [0, 0.1) is 0 Å². The molecule has 6 nitrogen and oxygen atoms in total. The number of hydrogen-bond acceptors (Lipinski definition) is 6. The summed E-state index contributed by atoms with van der Waals surface area (Å²) in [7, 11) is 3.54. The van der Waals surface area contributed by atoms with Crippen molar-refractivity contribution in [3.05, 3.63) is 35.7 Å². The van der Waals surface area contributed by atoms with Gasteiger partial charge in [0.2, 0.25) is 5.89 Å². The van der Waals surface area contributed by atoms with Gasteiger partial charge in [-0.25, -0.2) is 0 Å². The second-order valence-electron chi connectivity index (χ2n) is 4.42. The Bertz CT molecular complexity index is 522. The molecule has 0 spiro atoms. The molecule has 6 heteroatoms. The van der Waals surface area contributed by atoms with Gasteiger partial charge in [-0.15, -0.1) is 5.10 Å². The van der Waals surface area contributed by atoms with Gasteiger partial charge < -0.3 is 19.8 Å². The zero-order chi connectivity index (χ0) is 13.8. The summed E-state index contributed by atoms with van der Waals surface area (Å²) in [6, 6.07) is 8.05. The number of hydrogen-bond donors (Lipinski definition) is 1. The number of rotatable bonds is 5. The highest BCUT2D eigenvalue weighted by Crippen LogP contribution is 2.18. The van der Waals surface area contributed by atoms with Crippen LogP contribution in [0.4, 0.5) is 6.01 Å². The molecule has 0 aliphatic rings. The first-order valence-electron chi connectivity index (χ1n) is 6.03. The first kappa shape index (κ1) is 13.4. The van der Waals surface area contributed by atoms with Crippen molar-refractivity contribution in [3.8, 4) is 5.75 Å². The summed E-state index contributed by atoms with van der Waals surface area (Å²) < 4.78 is 10.6. The smallest absolute Gasteiger partial charge is 0.318 e. The van der Waals surface area contributed by atoms with Crippen LogP contribution in [-0.2, 0) is 6.54 Å². The van der Waals surface area contributed by atoms with E-state index in [1.165, 1.54) is 0 Å². The van der Waals surface area contributed by atoms with Gasteiger partial charge in [-0.2, -0.15) is 0 Å². The second kappa shape index (κ2) is 5.71. The number of benzene rings is 1. The summed E-state index contributed by atoms with van der Waals surface area (Å²) in [5, 5.41) is 7.87. The first-order chi connectivity index (χ1) is 9.10. The van der Waals surface area contributed by atoms with Crippen LogP contribution in [0.25, 0.3) is 0 Å². The van der Waals surface area contributed by atoms with Gasteiger partial charge in [0.15, 0.2) is 0 Å². The fraction of sp³-hybridized carbons (Fsp3) is 0.385. The molecule has 0 aliphatic carbocycles. The molecule has 1 atom stereocenters. The number of nitrogens with zero attached hydrogens (tertiary/aromatic N) is 3. The topological polar surface area (TPSA) is 77.4 Å². The minimum Gasteiger partial charge on any atom is -0.497 e. The molecule has 0 radical (unpaired) electrons. The molecule has 0 aliphatic heterocycles. The average Bonchev–Trinajstić information content (AvgIpc) is 2.89. The average molecular weight is 262 g/mol. The van der Waals surface area contributed by atoms with Crippen molar-refractivity contribution < 1.29 is 9.15 Å². The van der Waals surface area contributed by atoms with Crippen molar-refractivity contribution in [3.63, 3.8) is 0 Å². The van der Waals surface area contributed by atoms with Gasteiger partial charge in [0.25, 0.3) is 0 Å². The molecule has 2 N–H and O–H groups in total. The molecule has 2 aromatic rings. The van der Waals surface area contributed by atoms with Gasteiger partial charge in [-0.1, -0.05) is 17.2 Å². The summed E-state index contributed by atoms with van der Waals surface area (Å²) in [5.74, 6) is 1.28. The van der Waals surface area contributed by atoms with E-state index >= 15 is 0 Å². The molecule has 0 amide bonds. The van der Waals surface area contributed by atoms with Crippen LogP contribution in [0.1, 0.15) is 24.4 Å². The Morgan fingerprint density at radius 1 is 1.32 bits per heavy atom. The fourth-order valence-electron chi connectivity index (χ4n) is 1.64. The number of nitrogens with two attached hydrogens (primary N) is 1. The standard InChI is InChI=1S/C13H18N4O2/c1-9(14)12-15-16-13(19-12)17(2)8-10-4-6-11(18-3)7-5-10/h4-7,9H,8,14H2,1-3H3. The Morgan fingerprint density at radius 2 is 2.00 bits per heavy atom. The van der Waals surface area contributed by atoms with E-state index in [0.717, 1.165) is 11.3 Å². The SMILES string of the molecule is COc1ccc(CN(C)c2nnc(C(C)N)o2)cc1. The van der Waals surface area contributed by atoms with E-state index in [4.69, 9.17) is 14.9 Å². The lowest BCUT2D eigenvalue weighted by molar-refractivity contribution is 0.414. The maximum Gasteiger partial charge on any atom is 0.318 e. The fourth-order valence-corrected chi connectivity index (χ4v) is 1.64. The van der Waals surface area contributed by atoms with E-state index in [2.05, 4.69) is 10.2 Å². The summed E-state index contributed by atoms with van der Waals surface area (Å²) in [5.41, 5.74) is 6.81. The van der Waals surface area contributed by atoms with E-state index < -0.39 is 0 Å². The molecule has 0 saturated carbocycles. The van der Waals surface area contributed by atoms with Gasteiger partial charge in [-0.3, -0.25) is 0 Å². The predicted octanol–water partition coefficient (Wildman–Crippen LogP) is 1.73. The van der Waals surface area contributed by atoms with Gasteiger partial charge >= 0.3 is 6.01 Å². The van der Waals surface area contributed by atoms with E-state index in [1.54, 1.807) is 14.0 Å². The summed E-state index contributed by atoms with van der Waals surface area (Å²) >= 11 is 0. The Balaban J connectivity index is 2.04. The first-order valence-corrected chi connectivity index (χ1v) is 6.03. The van der Waals surface area contributed by atoms with Crippen LogP contribution in [0.2, 0.25) is 0 Å². The minimum atomic E-state index is -0.254. The lowest BCUT2D eigenvalue weighted by Crippen LogP contribution is -2.16. The van der Waals surface area contributed by atoms with E-state index in [-0.39, 0.29) is 6.04 Å². The Morgan fingerprint density at radius 3 is 2.53 bits per heavy atom. The molecule has 1 aromatic carbocycles. The molecule has 102 valence electrons. The third kappa shape index (κ3) is 3.23. The summed E-state index contributed by atoms with van der Waals surface area (Å²) in [6.45, 7) is 2.48. The van der Waals surface area contributed by atoms with E-state index in [9.17, 15) is 0 Å². The number of methoxy groups -OCH3 is 1. The molecular weight excluding hydrogens is 244 g/mol. The third-order valence-electron chi connectivity index (χ3n) is 2.72. The normalized spacial score (nSPS) is 12.2. The Hall–Kier alpha value is -2.08. The van der Waals surface area contributed by atoms with Crippen LogP contribution >= 0.6 is 0 Å². The molecule has 1 heterocycles. The third-order valence-corrected chi connectivity index (χ3v) is 2.72. The monoisotopic (exact) mass is 262 g/mol. The van der Waals surface area contributed by atoms with Crippen LogP contribution in [-0.4, -0.2) is 24.4 Å². The van der Waals surface area contributed by atoms with Crippen molar-refractivity contribution in [1.29, 1.82) is 0 Å². The molecule has 2 rings (SSSR count). The largest absolute Gasteiger partial charge is 0.497 e. The number of ether oxygens (including phenoxy) is 1. The van der Waals surface area contributed by atoms with Crippen molar-refractivity contribution in [2.45, 2.75) is 19.5 Å². The minimum absolute atomic E-state index is 0.254. The Kier molecular flexibility index (Phi) is 4.01. The maximum atomic E-state index is 5.68. The highest BCUT2D eigenvalue weighted by atomic mass is 16.5. The van der Waals surface area contributed by atoms with Crippen LogP contribution in [0.15, 0.2) is 28.7 Å². The van der Waals surface area contributed by atoms with Crippen LogP contribution in [0.3, 0.4) is 0 Å².